The van der Waals surface area contributed by atoms with Gasteiger partial charge >= 0.3 is 0 Å². The maximum absolute atomic E-state index is 13.2. The van der Waals surface area contributed by atoms with Crippen molar-refractivity contribution < 1.29 is 18.0 Å². The molecule has 0 radical (unpaired) electrons. The van der Waals surface area contributed by atoms with E-state index in [1.54, 1.807) is 11.0 Å². The van der Waals surface area contributed by atoms with Crippen molar-refractivity contribution in [3.63, 3.8) is 0 Å². The summed E-state index contributed by atoms with van der Waals surface area (Å²) in [5.41, 5.74) is 1.39. The van der Waals surface area contributed by atoms with Crippen LogP contribution in [0.4, 0.5) is 5.69 Å². The highest BCUT2D eigenvalue weighted by molar-refractivity contribution is 9.10. The summed E-state index contributed by atoms with van der Waals surface area (Å²) in [5.74, 6) is -0.0334. The van der Waals surface area contributed by atoms with Gasteiger partial charge in [0.15, 0.2) is 9.84 Å². The van der Waals surface area contributed by atoms with Crippen molar-refractivity contribution in [2.24, 2.45) is 11.8 Å². The highest BCUT2D eigenvalue weighted by Gasteiger charge is 2.39. The molecular weight excluding hydrogens is 480 g/mol. The first-order valence-electron chi connectivity index (χ1n) is 11.4. The molecule has 1 aromatic rings. The zero-order valence-corrected chi connectivity index (χ0v) is 20.9. The number of carbonyl (C=O) groups is 2. The van der Waals surface area contributed by atoms with Gasteiger partial charge < -0.3 is 10.2 Å². The Balaban J connectivity index is 1.68. The SMILES string of the molecule is CCCCC(CC)CNC(=O)CCS(=O)(=O)c1cc(Br)cc2c1N(C(=O)C1CC1)CC2. The Bertz CT molecular complexity index is 928. The lowest BCUT2D eigenvalue weighted by Crippen LogP contribution is -2.32. The molecule has 1 unspecified atom stereocenters. The number of sulfone groups is 1. The molecule has 8 heteroatoms. The number of unbranched alkanes of at least 4 members (excludes halogenated alkanes) is 1. The first-order valence-corrected chi connectivity index (χ1v) is 13.8. The van der Waals surface area contributed by atoms with E-state index in [2.05, 4.69) is 35.1 Å². The second-order valence-corrected chi connectivity index (χ2v) is 11.7. The normalized spacial score (nSPS) is 16.8. The summed E-state index contributed by atoms with van der Waals surface area (Å²) in [7, 11) is -3.72. The quantitative estimate of drug-likeness (QED) is 0.480. The molecule has 0 spiro atoms. The standard InChI is InChI=1S/C23H33BrN2O4S/c1-3-5-6-16(4-2)15-25-21(27)10-12-31(29,30)20-14-19(24)13-18-9-11-26(22(18)20)23(28)17-7-8-17/h13-14,16-17H,3-12,15H2,1-2H3,(H,25,27). The molecule has 6 nitrogen and oxygen atoms in total. The van der Waals surface area contributed by atoms with Crippen LogP contribution in [0.3, 0.4) is 0 Å². The number of rotatable bonds is 11. The average molecular weight is 513 g/mol. The molecule has 31 heavy (non-hydrogen) atoms. The van der Waals surface area contributed by atoms with Crippen LogP contribution in [-0.2, 0) is 25.8 Å². The fourth-order valence-electron chi connectivity index (χ4n) is 4.10. The first kappa shape index (κ1) is 24.2. The summed E-state index contributed by atoms with van der Waals surface area (Å²) in [5, 5.41) is 2.90. The average Bonchev–Trinajstić information content (AvgIpc) is 3.51. The Morgan fingerprint density at radius 3 is 2.65 bits per heavy atom. The van der Waals surface area contributed by atoms with Crippen LogP contribution in [0.15, 0.2) is 21.5 Å². The Morgan fingerprint density at radius 1 is 1.26 bits per heavy atom. The van der Waals surface area contributed by atoms with E-state index in [0.29, 0.717) is 35.6 Å². The smallest absolute Gasteiger partial charge is 0.230 e. The largest absolute Gasteiger partial charge is 0.356 e. The summed E-state index contributed by atoms with van der Waals surface area (Å²) in [4.78, 5) is 26.8. The minimum atomic E-state index is -3.72. The maximum atomic E-state index is 13.2. The van der Waals surface area contributed by atoms with Crippen LogP contribution in [0.1, 0.15) is 64.4 Å². The van der Waals surface area contributed by atoms with Crippen molar-refractivity contribution in [1.29, 1.82) is 0 Å². The Kier molecular flexibility index (Phi) is 8.19. The minimum absolute atomic E-state index is 0.0213. The summed E-state index contributed by atoms with van der Waals surface area (Å²) < 4.78 is 27.1. The van der Waals surface area contributed by atoms with E-state index in [-0.39, 0.29) is 34.8 Å². The fraction of sp³-hybridized carbons (Fsp3) is 0.652. The molecule has 1 aliphatic heterocycles. The second-order valence-electron chi connectivity index (χ2n) is 8.72. The predicted octanol–water partition coefficient (Wildman–Crippen LogP) is 4.24. The molecule has 0 saturated heterocycles. The van der Waals surface area contributed by atoms with Crippen molar-refractivity contribution in [2.75, 3.05) is 23.7 Å². The van der Waals surface area contributed by atoms with E-state index in [0.717, 1.165) is 44.1 Å². The number of anilines is 1. The van der Waals surface area contributed by atoms with Gasteiger partial charge in [0.1, 0.15) is 0 Å². The number of nitrogens with zero attached hydrogens (tertiary/aromatic N) is 1. The summed E-state index contributed by atoms with van der Waals surface area (Å²) in [6.07, 6.45) is 6.64. The molecule has 0 bridgehead atoms. The lowest BCUT2D eigenvalue weighted by Gasteiger charge is -2.21. The van der Waals surface area contributed by atoms with Gasteiger partial charge in [-0.05, 0) is 49.3 Å². The number of halogens is 1. The van der Waals surface area contributed by atoms with E-state index < -0.39 is 9.84 Å². The minimum Gasteiger partial charge on any atom is -0.356 e. The highest BCUT2D eigenvalue weighted by atomic mass is 79.9. The van der Waals surface area contributed by atoms with Crippen molar-refractivity contribution in [2.45, 2.75) is 70.1 Å². The van der Waals surface area contributed by atoms with Crippen LogP contribution in [0.5, 0.6) is 0 Å². The van der Waals surface area contributed by atoms with Crippen molar-refractivity contribution >= 4 is 43.3 Å². The number of carbonyl (C=O) groups excluding carboxylic acids is 2. The van der Waals surface area contributed by atoms with E-state index in [1.807, 2.05) is 6.07 Å². The number of benzene rings is 1. The zero-order valence-electron chi connectivity index (χ0n) is 18.5. The Labute approximate surface area is 194 Å². The number of fused-ring (bicyclic) bond motifs is 1. The Morgan fingerprint density at radius 2 is 2.00 bits per heavy atom. The number of hydrogen-bond acceptors (Lipinski definition) is 4. The lowest BCUT2D eigenvalue weighted by molar-refractivity contribution is -0.121. The first-order chi connectivity index (χ1) is 14.8. The van der Waals surface area contributed by atoms with Gasteiger partial charge in [0.05, 0.1) is 16.3 Å². The van der Waals surface area contributed by atoms with Gasteiger partial charge in [-0.25, -0.2) is 8.42 Å². The molecule has 1 heterocycles. The van der Waals surface area contributed by atoms with Gasteiger partial charge in [0.2, 0.25) is 11.8 Å². The summed E-state index contributed by atoms with van der Waals surface area (Å²) >= 11 is 3.41. The van der Waals surface area contributed by atoms with Gasteiger partial charge in [0, 0.05) is 29.9 Å². The van der Waals surface area contributed by atoms with Crippen molar-refractivity contribution in [3.8, 4) is 0 Å². The molecule has 1 N–H and O–H groups in total. The number of nitrogens with one attached hydrogen (secondary N) is 1. The van der Waals surface area contributed by atoms with Gasteiger partial charge in [-0.15, -0.1) is 0 Å². The van der Waals surface area contributed by atoms with Crippen LogP contribution in [0, 0.1) is 11.8 Å². The molecule has 1 saturated carbocycles. The molecule has 0 aromatic heterocycles. The molecular formula is C23H33BrN2O4S. The monoisotopic (exact) mass is 512 g/mol. The zero-order chi connectivity index (χ0) is 22.6. The fourth-order valence-corrected chi connectivity index (χ4v) is 6.28. The molecule has 3 rings (SSSR count). The van der Waals surface area contributed by atoms with Crippen LogP contribution < -0.4 is 10.2 Å². The molecule has 2 amide bonds. The van der Waals surface area contributed by atoms with E-state index in [9.17, 15) is 18.0 Å². The van der Waals surface area contributed by atoms with Gasteiger partial charge in [-0.2, -0.15) is 0 Å². The van der Waals surface area contributed by atoms with E-state index in [1.165, 1.54) is 0 Å². The van der Waals surface area contributed by atoms with Gasteiger partial charge in [-0.3, -0.25) is 9.59 Å². The van der Waals surface area contributed by atoms with Crippen LogP contribution in [0.25, 0.3) is 0 Å². The van der Waals surface area contributed by atoms with Crippen LogP contribution in [0.2, 0.25) is 0 Å². The topological polar surface area (TPSA) is 83.6 Å². The Hall–Kier alpha value is -1.41. The molecule has 1 atom stereocenters. The third-order valence-corrected chi connectivity index (χ3v) is 8.43. The molecule has 1 aliphatic carbocycles. The van der Waals surface area contributed by atoms with Gasteiger partial charge in [0.25, 0.3) is 0 Å². The van der Waals surface area contributed by atoms with Crippen molar-refractivity contribution in [3.05, 3.63) is 22.2 Å². The molecule has 172 valence electrons. The maximum Gasteiger partial charge on any atom is 0.230 e. The highest BCUT2D eigenvalue weighted by Crippen LogP contribution is 2.41. The van der Waals surface area contributed by atoms with Crippen LogP contribution in [-0.4, -0.2) is 39.1 Å². The third kappa shape index (κ3) is 6.09. The predicted molar refractivity (Wildman–Crippen MR) is 126 cm³/mol. The second kappa shape index (κ2) is 10.5. The van der Waals surface area contributed by atoms with E-state index in [4.69, 9.17) is 0 Å². The molecule has 1 fully saturated rings. The third-order valence-electron chi connectivity index (χ3n) is 6.25. The number of hydrogen-bond donors (Lipinski definition) is 1. The molecule has 1 aromatic carbocycles. The van der Waals surface area contributed by atoms with Crippen LogP contribution >= 0.6 is 15.9 Å². The van der Waals surface area contributed by atoms with Gasteiger partial charge in [-0.1, -0.05) is 49.0 Å². The lowest BCUT2D eigenvalue weighted by atomic mass is 9.99. The molecule has 2 aliphatic rings. The summed E-state index contributed by atoms with van der Waals surface area (Å²) in [6, 6.07) is 3.46. The van der Waals surface area contributed by atoms with Crippen molar-refractivity contribution in [1.82, 2.24) is 5.32 Å². The van der Waals surface area contributed by atoms with E-state index >= 15 is 0 Å². The summed E-state index contributed by atoms with van der Waals surface area (Å²) in [6.45, 7) is 5.36. The number of amides is 2.